The summed E-state index contributed by atoms with van der Waals surface area (Å²) in [5.41, 5.74) is 3.29. The van der Waals surface area contributed by atoms with Crippen molar-refractivity contribution in [2.45, 2.75) is 38.0 Å². The molecule has 2 aliphatic rings. The number of benzene rings is 2. The second-order valence-corrected chi connectivity index (χ2v) is 7.81. The lowest BCUT2D eigenvalue weighted by molar-refractivity contribution is -0.133. The minimum Gasteiger partial charge on any atom is -0.436 e. The van der Waals surface area contributed by atoms with Crippen LogP contribution in [0.25, 0.3) is 11.1 Å². The number of nitrogens with zero attached hydrogens (tertiary/aromatic N) is 2. The summed E-state index contributed by atoms with van der Waals surface area (Å²) in [4.78, 5) is 41.3. The van der Waals surface area contributed by atoms with Crippen LogP contribution in [0.5, 0.6) is 0 Å². The molecule has 0 aromatic heterocycles. The summed E-state index contributed by atoms with van der Waals surface area (Å²) in [6, 6.07) is 14.5. The smallest absolute Gasteiger partial charge is 0.410 e. The molecule has 0 radical (unpaired) electrons. The minimum absolute atomic E-state index is 0.190. The number of nitrogens with one attached hydrogen (secondary N) is 1. The molecule has 2 atom stereocenters. The molecule has 0 saturated heterocycles. The number of para-hydroxylation sites is 1. The number of likely N-dealkylation sites (N-methyl/N-ethyl adjacent to an activating group) is 1. The van der Waals surface area contributed by atoms with Crippen molar-refractivity contribution in [1.29, 1.82) is 0 Å². The summed E-state index contributed by atoms with van der Waals surface area (Å²) in [7, 11) is 3.36. The zero-order chi connectivity index (χ0) is 21.4. The highest BCUT2D eigenvalue weighted by molar-refractivity contribution is 6.06. The molecule has 7 nitrogen and oxygen atoms in total. The van der Waals surface area contributed by atoms with Gasteiger partial charge in [0.25, 0.3) is 11.8 Å². The number of amides is 3. The normalized spacial score (nSPS) is 18.6. The van der Waals surface area contributed by atoms with E-state index >= 15 is 0 Å². The first kappa shape index (κ1) is 19.9. The Hall–Kier alpha value is -3.35. The number of anilines is 1. The molecule has 1 N–H and O–H groups in total. The number of ether oxygens (including phenoxy) is 1. The number of hydrogen-bond donors (Lipinski definition) is 1. The van der Waals surface area contributed by atoms with Gasteiger partial charge in [-0.05, 0) is 37.0 Å². The van der Waals surface area contributed by atoms with Crippen LogP contribution in [0, 0.1) is 0 Å². The second kappa shape index (κ2) is 7.82. The lowest BCUT2D eigenvalue weighted by Gasteiger charge is -2.25. The van der Waals surface area contributed by atoms with Crippen LogP contribution in [-0.2, 0) is 14.3 Å². The van der Waals surface area contributed by atoms with Gasteiger partial charge in [0.05, 0.1) is 5.69 Å². The van der Waals surface area contributed by atoms with Crippen molar-refractivity contribution in [1.82, 2.24) is 10.2 Å². The fraction of sp³-hybridized carbons (Fsp3) is 0.348. The molecule has 156 valence electrons. The van der Waals surface area contributed by atoms with E-state index in [4.69, 9.17) is 4.74 Å². The highest BCUT2D eigenvalue weighted by atomic mass is 16.6. The molecule has 2 aromatic rings. The third-order valence-corrected chi connectivity index (χ3v) is 5.72. The first-order valence-electron chi connectivity index (χ1n) is 10.1. The highest BCUT2D eigenvalue weighted by Crippen LogP contribution is 2.39. The Kier molecular flexibility index (Phi) is 5.20. The quantitative estimate of drug-likeness (QED) is 0.845. The van der Waals surface area contributed by atoms with Crippen molar-refractivity contribution < 1.29 is 19.1 Å². The fourth-order valence-electron chi connectivity index (χ4n) is 3.73. The van der Waals surface area contributed by atoms with E-state index in [0.717, 1.165) is 29.7 Å². The SMILES string of the molecule is CC(OC(=O)N(C)C1CC1)C(=O)N[C@@H]1C(=O)N(C)c2ccccc2-c2ccccc21. The Morgan fingerprint density at radius 3 is 2.43 bits per heavy atom. The van der Waals surface area contributed by atoms with Gasteiger partial charge in [-0.25, -0.2) is 4.79 Å². The summed E-state index contributed by atoms with van der Waals surface area (Å²) < 4.78 is 5.31. The first-order valence-corrected chi connectivity index (χ1v) is 10.1. The third-order valence-electron chi connectivity index (χ3n) is 5.72. The highest BCUT2D eigenvalue weighted by Gasteiger charge is 2.36. The van der Waals surface area contributed by atoms with Crippen LogP contribution in [0.15, 0.2) is 48.5 Å². The maximum atomic E-state index is 13.3. The topological polar surface area (TPSA) is 79.0 Å². The predicted octanol–water partition coefficient (Wildman–Crippen LogP) is 3.11. The Morgan fingerprint density at radius 2 is 1.73 bits per heavy atom. The van der Waals surface area contributed by atoms with Gasteiger partial charge in [-0.2, -0.15) is 0 Å². The van der Waals surface area contributed by atoms with Gasteiger partial charge in [0.1, 0.15) is 6.04 Å². The van der Waals surface area contributed by atoms with E-state index in [9.17, 15) is 14.4 Å². The Balaban J connectivity index is 1.58. The van der Waals surface area contributed by atoms with Crippen LogP contribution < -0.4 is 10.2 Å². The number of carbonyl (C=O) groups excluding carboxylic acids is 3. The summed E-state index contributed by atoms with van der Waals surface area (Å²) in [5, 5.41) is 2.79. The van der Waals surface area contributed by atoms with Gasteiger partial charge >= 0.3 is 6.09 Å². The number of hydrogen-bond acceptors (Lipinski definition) is 4. The molecule has 0 bridgehead atoms. The molecule has 1 aliphatic heterocycles. The van der Waals surface area contributed by atoms with Crippen LogP contribution >= 0.6 is 0 Å². The molecule has 4 rings (SSSR count). The molecule has 2 aromatic carbocycles. The van der Waals surface area contributed by atoms with E-state index in [-0.39, 0.29) is 11.9 Å². The van der Waals surface area contributed by atoms with Crippen LogP contribution in [0.4, 0.5) is 10.5 Å². The zero-order valence-corrected chi connectivity index (χ0v) is 17.3. The summed E-state index contributed by atoms with van der Waals surface area (Å²) in [5.74, 6) is -0.769. The molecule has 1 unspecified atom stereocenters. The Morgan fingerprint density at radius 1 is 1.10 bits per heavy atom. The zero-order valence-electron chi connectivity index (χ0n) is 17.3. The van der Waals surface area contributed by atoms with Gasteiger partial charge < -0.3 is 19.9 Å². The number of carbonyl (C=O) groups is 3. The summed E-state index contributed by atoms with van der Waals surface area (Å²) >= 11 is 0. The number of fused-ring (bicyclic) bond motifs is 3. The van der Waals surface area contributed by atoms with Gasteiger partial charge in [-0.1, -0.05) is 42.5 Å². The van der Waals surface area contributed by atoms with Gasteiger partial charge in [0.15, 0.2) is 6.10 Å². The average Bonchev–Trinajstić information content (AvgIpc) is 3.61. The largest absolute Gasteiger partial charge is 0.436 e. The molecule has 1 heterocycles. The Bertz CT molecular complexity index is 1000. The fourth-order valence-corrected chi connectivity index (χ4v) is 3.73. The second-order valence-electron chi connectivity index (χ2n) is 7.81. The molecule has 1 aliphatic carbocycles. The van der Waals surface area contributed by atoms with E-state index in [1.165, 1.54) is 11.8 Å². The maximum absolute atomic E-state index is 13.3. The minimum atomic E-state index is -1.02. The van der Waals surface area contributed by atoms with E-state index < -0.39 is 24.1 Å². The van der Waals surface area contributed by atoms with Gasteiger partial charge in [-0.15, -0.1) is 0 Å². The predicted molar refractivity (Wildman–Crippen MR) is 113 cm³/mol. The lowest BCUT2D eigenvalue weighted by atomic mass is 9.95. The standard InChI is InChI=1S/C23H25N3O4/c1-14(30-23(29)25(2)15-12-13-15)21(27)24-20-18-10-5-4-8-16(18)17-9-6-7-11-19(17)26(3)22(20)28/h4-11,14-15,20H,12-13H2,1-3H3,(H,24,27)/t14?,20-/m0/s1. The molecule has 3 amide bonds. The van der Waals surface area contributed by atoms with Crippen molar-refractivity contribution in [3.05, 3.63) is 54.1 Å². The van der Waals surface area contributed by atoms with Crippen molar-refractivity contribution in [2.75, 3.05) is 19.0 Å². The van der Waals surface area contributed by atoms with Gasteiger partial charge in [-0.3, -0.25) is 9.59 Å². The molecular formula is C23H25N3O4. The third kappa shape index (κ3) is 3.63. The molecule has 1 fully saturated rings. The monoisotopic (exact) mass is 407 g/mol. The van der Waals surface area contributed by atoms with E-state index in [1.807, 2.05) is 48.5 Å². The molecule has 7 heteroatoms. The van der Waals surface area contributed by atoms with Gasteiger partial charge in [0, 0.05) is 25.7 Å². The molecule has 1 saturated carbocycles. The van der Waals surface area contributed by atoms with Crippen LogP contribution in [-0.4, -0.2) is 49.0 Å². The van der Waals surface area contributed by atoms with Crippen molar-refractivity contribution in [2.24, 2.45) is 0 Å². The molecule has 30 heavy (non-hydrogen) atoms. The lowest BCUT2D eigenvalue weighted by Crippen LogP contribution is -2.45. The first-order chi connectivity index (χ1) is 14.4. The van der Waals surface area contributed by atoms with Crippen molar-refractivity contribution in [3.63, 3.8) is 0 Å². The van der Waals surface area contributed by atoms with Gasteiger partial charge in [0.2, 0.25) is 0 Å². The molecular weight excluding hydrogens is 382 g/mol. The summed E-state index contributed by atoms with van der Waals surface area (Å²) in [6.07, 6.45) is 0.352. The van der Waals surface area contributed by atoms with Crippen molar-refractivity contribution >= 4 is 23.6 Å². The van der Waals surface area contributed by atoms with Crippen LogP contribution in [0.3, 0.4) is 0 Å². The van der Waals surface area contributed by atoms with Crippen molar-refractivity contribution in [3.8, 4) is 11.1 Å². The Labute approximate surface area is 175 Å². The van der Waals surface area contributed by atoms with E-state index in [0.29, 0.717) is 5.56 Å². The number of rotatable bonds is 4. The van der Waals surface area contributed by atoms with Crippen LogP contribution in [0.2, 0.25) is 0 Å². The average molecular weight is 407 g/mol. The molecule has 0 spiro atoms. The summed E-state index contributed by atoms with van der Waals surface area (Å²) in [6.45, 7) is 1.51. The van der Waals surface area contributed by atoms with E-state index in [2.05, 4.69) is 5.32 Å². The van der Waals surface area contributed by atoms with Crippen LogP contribution in [0.1, 0.15) is 31.4 Å². The maximum Gasteiger partial charge on any atom is 0.410 e. The van der Waals surface area contributed by atoms with E-state index in [1.54, 1.807) is 19.0 Å².